The highest BCUT2D eigenvalue weighted by atomic mass is 16.2. The van der Waals surface area contributed by atoms with Crippen LogP contribution in [0.5, 0.6) is 0 Å². The molecule has 0 aromatic carbocycles. The zero-order chi connectivity index (χ0) is 19.4. The Bertz CT molecular complexity index is 500. The van der Waals surface area contributed by atoms with Crippen LogP contribution in [0.3, 0.4) is 0 Å². The lowest BCUT2D eigenvalue weighted by molar-refractivity contribution is -0.140. The topological polar surface area (TPSA) is 52.7 Å². The minimum absolute atomic E-state index is 0.0440. The predicted molar refractivity (Wildman–Crippen MR) is 108 cm³/mol. The molecule has 5 nitrogen and oxygen atoms in total. The van der Waals surface area contributed by atoms with Gasteiger partial charge in [-0.2, -0.15) is 0 Å². The van der Waals surface area contributed by atoms with Crippen molar-refractivity contribution in [2.45, 2.75) is 84.2 Å². The van der Waals surface area contributed by atoms with Gasteiger partial charge in [0.2, 0.25) is 11.8 Å². The van der Waals surface area contributed by atoms with E-state index in [-0.39, 0.29) is 29.8 Å². The van der Waals surface area contributed by atoms with E-state index in [0.717, 1.165) is 51.9 Å². The van der Waals surface area contributed by atoms with Gasteiger partial charge in [0.1, 0.15) is 0 Å². The second kappa shape index (κ2) is 9.40. The Morgan fingerprint density at radius 1 is 0.926 bits per heavy atom. The van der Waals surface area contributed by atoms with E-state index in [4.69, 9.17) is 0 Å². The van der Waals surface area contributed by atoms with Gasteiger partial charge in [-0.1, -0.05) is 33.1 Å². The van der Waals surface area contributed by atoms with Crippen LogP contribution in [0, 0.1) is 17.8 Å². The van der Waals surface area contributed by atoms with E-state index < -0.39 is 0 Å². The number of carbonyl (C=O) groups excluding carboxylic acids is 2. The van der Waals surface area contributed by atoms with Crippen molar-refractivity contribution in [3.05, 3.63) is 0 Å². The Hall–Kier alpha value is -1.10. The molecule has 1 N–H and O–H groups in total. The molecule has 3 aliphatic rings. The van der Waals surface area contributed by atoms with E-state index in [2.05, 4.69) is 35.9 Å². The van der Waals surface area contributed by atoms with Gasteiger partial charge in [0.25, 0.3) is 0 Å². The normalized spacial score (nSPS) is 30.1. The summed E-state index contributed by atoms with van der Waals surface area (Å²) < 4.78 is 0. The molecular weight excluding hydrogens is 338 g/mol. The Balaban J connectivity index is 1.44. The number of piperidine rings is 2. The lowest BCUT2D eigenvalue weighted by Gasteiger charge is -2.41. The minimum atomic E-state index is -0.0440. The van der Waals surface area contributed by atoms with Crippen molar-refractivity contribution < 1.29 is 9.59 Å². The van der Waals surface area contributed by atoms with Gasteiger partial charge in [0.05, 0.1) is 6.04 Å². The van der Waals surface area contributed by atoms with Crippen molar-refractivity contribution >= 4 is 11.8 Å². The van der Waals surface area contributed by atoms with Gasteiger partial charge in [-0.15, -0.1) is 0 Å². The molecule has 0 aromatic rings. The lowest BCUT2D eigenvalue weighted by Crippen LogP contribution is -2.54. The largest absolute Gasteiger partial charge is 0.353 e. The van der Waals surface area contributed by atoms with Crippen molar-refractivity contribution in [1.29, 1.82) is 0 Å². The van der Waals surface area contributed by atoms with Crippen LogP contribution in [0.4, 0.5) is 0 Å². The third-order valence-corrected chi connectivity index (χ3v) is 6.94. The first-order valence-corrected chi connectivity index (χ1v) is 11.3. The summed E-state index contributed by atoms with van der Waals surface area (Å²) in [6.45, 7) is 10.2. The summed E-state index contributed by atoms with van der Waals surface area (Å²) in [6.07, 6.45) is 8.94. The molecule has 0 spiro atoms. The summed E-state index contributed by atoms with van der Waals surface area (Å²) in [7, 11) is 0. The van der Waals surface area contributed by atoms with E-state index >= 15 is 0 Å². The molecule has 2 aliphatic heterocycles. The molecular formula is C22H39N3O2. The van der Waals surface area contributed by atoms with Crippen molar-refractivity contribution in [3.8, 4) is 0 Å². The van der Waals surface area contributed by atoms with E-state index in [1.807, 2.05) is 0 Å². The summed E-state index contributed by atoms with van der Waals surface area (Å²) in [5, 5.41) is 3.29. The maximum atomic E-state index is 13.0. The first kappa shape index (κ1) is 20.6. The predicted octanol–water partition coefficient (Wildman–Crippen LogP) is 3.04. The highest BCUT2D eigenvalue weighted by Gasteiger charge is 2.33. The van der Waals surface area contributed by atoms with Crippen molar-refractivity contribution in [2.24, 2.45) is 17.8 Å². The van der Waals surface area contributed by atoms with Crippen LogP contribution in [0.15, 0.2) is 0 Å². The molecule has 2 heterocycles. The number of carbonyl (C=O) groups is 2. The lowest BCUT2D eigenvalue weighted by atomic mass is 9.88. The fourth-order valence-electron chi connectivity index (χ4n) is 5.38. The van der Waals surface area contributed by atoms with Gasteiger partial charge in [-0.25, -0.2) is 0 Å². The number of nitrogens with zero attached hydrogens (tertiary/aromatic N) is 2. The van der Waals surface area contributed by atoms with E-state index in [0.29, 0.717) is 11.8 Å². The average Bonchev–Trinajstić information content (AvgIpc) is 2.67. The third kappa shape index (κ3) is 5.46. The highest BCUT2D eigenvalue weighted by Crippen LogP contribution is 2.25. The second-order valence-corrected chi connectivity index (χ2v) is 9.52. The highest BCUT2D eigenvalue weighted by molar-refractivity contribution is 5.81. The number of hydrogen-bond donors (Lipinski definition) is 1. The minimum Gasteiger partial charge on any atom is -0.353 e. The van der Waals surface area contributed by atoms with Crippen LogP contribution in [0.1, 0.15) is 72.1 Å². The molecule has 154 valence electrons. The molecule has 5 heteroatoms. The Labute approximate surface area is 165 Å². The summed E-state index contributed by atoms with van der Waals surface area (Å²) in [5.41, 5.74) is 0. The smallest absolute Gasteiger partial charge is 0.239 e. The van der Waals surface area contributed by atoms with Crippen LogP contribution in [-0.4, -0.2) is 59.9 Å². The quantitative estimate of drug-likeness (QED) is 0.819. The Kier molecular flexibility index (Phi) is 7.18. The zero-order valence-corrected chi connectivity index (χ0v) is 17.6. The van der Waals surface area contributed by atoms with Crippen molar-refractivity contribution in [3.63, 3.8) is 0 Å². The molecule has 3 fully saturated rings. The molecule has 3 atom stereocenters. The van der Waals surface area contributed by atoms with Crippen LogP contribution >= 0.6 is 0 Å². The number of likely N-dealkylation sites (tertiary alicyclic amines) is 2. The summed E-state index contributed by atoms with van der Waals surface area (Å²) in [6, 6.07) is 0.241. The zero-order valence-electron chi connectivity index (χ0n) is 17.6. The molecule has 27 heavy (non-hydrogen) atoms. The van der Waals surface area contributed by atoms with Crippen LogP contribution in [0.25, 0.3) is 0 Å². The molecule has 3 unspecified atom stereocenters. The SMILES string of the molecule is CC1CC(C)CN(C(=O)C(C)N2CCC(NC(=O)C3CCCCC3)CC2)C1. The fourth-order valence-corrected chi connectivity index (χ4v) is 5.38. The van der Waals surface area contributed by atoms with Gasteiger partial charge in [-0.3, -0.25) is 14.5 Å². The van der Waals surface area contributed by atoms with E-state index in [1.165, 1.54) is 25.7 Å². The number of rotatable bonds is 4. The maximum absolute atomic E-state index is 13.0. The van der Waals surface area contributed by atoms with Gasteiger partial charge in [0, 0.05) is 38.1 Å². The molecule has 1 saturated carbocycles. The summed E-state index contributed by atoms with van der Waals surface area (Å²) in [4.78, 5) is 29.8. The standard InChI is InChI=1S/C22H39N3O2/c1-16-13-17(2)15-25(14-16)22(27)18(3)24-11-9-20(10-12-24)23-21(26)19-7-5-4-6-8-19/h16-20H,4-15H2,1-3H3,(H,23,26). The molecule has 3 rings (SSSR count). The second-order valence-electron chi connectivity index (χ2n) is 9.52. The van der Waals surface area contributed by atoms with Crippen LogP contribution < -0.4 is 5.32 Å². The molecule has 0 aromatic heterocycles. The van der Waals surface area contributed by atoms with Crippen LogP contribution in [-0.2, 0) is 9.59 Å². The molecule has 0 radical (unpaired) electrons. The Morgan fingerprint density at radius 2 is 1.52 bits per heavy atom. The van der Waals surface area contributed by atoms with Gasteiger partial charge in [-0.05, 0) is 50.9 Å². The summed E-state index contributed by atoms with van der Waals surface area (Å²) in [5.74, 6) is 2.00. The number of hydrogen-bond acceptors (Lipinski definition) is 3. The van der Waals surface area contributed by atoms with Gasteiger partial charge >= 0.3 is 0 Å². The van der Waals surface area contributed by atoms with Gasteiger partial charge < -0.3 is 10.2 Å². The van der Waals surface area contributed by atoms with Crippen molar-refractivity contribution in [2.75, 3.05) is 26.2 Å². The molecule has 2 amide bonds. The number of nitrogens with one attached hydrogen (secondary N) is 1. The first-order valence-electron chi connectivity index (χ1n) is 11.3. The first-order chi connectivity index (χ1) is 12.9. The van der Waals surface area contributed by atoms with Crippen LogP contribution in [0.2, 0.25) is 0 Å². The molecule has 0 bridgehead atoms. The molecule has 2 saturated heterocycles. The Morgan fingerprint density at radius 3 is 2.11 bits per heavy atom. The van der Waals surface area contributed by atoms with Crippen molar-refractivity contribution in [1.82, 2.24) is 15.1 Å². The maximum Gasteiger partial charge on any atom is 0.239 e. The monoisotopic (exact) mass is 377 g/mol. The number of amides is 2. The summed E-state index contributed by atoms with van der Waals surface area (Å²) >= 11 is 0. The molecule has 1 aliphatic carbocycles. The third-order valence-electron chi connectivity index (χ3n) is 6.94. The van der Waals surface area contributed by atoms with Gasteiger partial charge in [0.15, 0.2) is 0 Å². The van der Waals surface area contributed by atoms with E-state index in [1.54, 1.807) is 0 Å². The van der Waals surface area contributed by atoms with E-state index in [9.17, 15) is 9.59 Å². The fraction of sp³-hybridized carbons (Fsp3) is 0.909. The average molecular weight is 378 g/mol.